The predicted octanol–water partition coefficient (Wildman–Crippen LogP) is -0.285. The largest absolute Gasteiger partial charge is 0.480 e. The van der Waals surface area contributed by atoms with Crippen molar-refractivity contribution in [3.63, 3.8) is 0 Å². The normalized spacial score (nSPS) is 15.3. The third kappa shape index (κ3) is 6.51. The second-order valence-electron chi connectivity index (χ2n) is 5.27. The van der Waals surface area contributed by atoms with Crippen molar-refractivity contribution in [1.82, 2.24) is 16.0 Å². The highest BCUT2D eigenvalue weighted by Gasteiger charge is 2.24. The summed E-state index contributed by atoms with van der Waals surface area (Å²) in [7, 11) is 1.68. The standard InChI is InChI=1S/C13H25N3O4/c1-7(2)6-10(14-5)12(18)15-8(3)11(17)16-9(4)13(19)20/h7-10,14H,6H2,1-5H3,(H,15,18)(H,16,17)(H,19,20)/t8-,9-,10-/m0/s1. The van der Waals surface area contributed by atoms with Gasteiger partial charge in [0.1, 0.15) is 12.1 Å². The van der Waals surface area contributed by atoms with Crippen LogP contribution in [0.4, 0.5) is 0 Å². The Morgan fingerprint density at radius 3 is 1.85 bits per heavy atom. The van der Waals surface area contributed by atoms with Gasteiger partial charge in [0.15, 0.2) is 0 Å². The molecular weight excluding hydrogens is 262 g/mol. The third-order valence-corrected chi connectivity index (χ3v) is 2.85. The summed E-state index contributed by atoms with van der Waals surface area (Å²) in [5, 5.41) is 16.5. The maximum absolute atomic E-state index is 12.0. The van der Waals surface area contributed by atoms with Crippen molar-refractivity contribution in [3.05, 3.63) is 0 Å². The first-order valence-corrected chi connectivity index (χ1v) is 6.69. The van der Waals surface area contributed by atoms with Crippen LogP contribution in [0.25, 0.3) is 0 Å². The van der Waals surface area contributed by atoms with E-state index in [0.717, 1.165) is 0 Å². The molecule has 0 unspecified atom stereocenters. The molecule has 4 N–H and O–H groups in total. The van der Waals surface area contributed by atoms with E-state index >= 15 is 0 Å². The molecule has 0 aromatic heterocycles. The zero-order chi connectivity index (χ0) is 15.9. The first-order chi connectivity index (χ1) is 9.18. The third-order valence-electron chi connectivity index (χ3n) is 2.85. The number of hydrogen-bond acceptors (Lipinski definition) is 4. The van der Waals surface area contributed by atoms with E-state index in [2.05, 4.69) is 16.0 Å². The van der Waals surface area contributed by atoms with Gasteiger partial charge >= 0.3 is 5.97 Å². The Morgan fingerprint density at radius 1 is 0.950 bits per heavy atom. The molecule has 0 bridgehead atoms. The predicted molar refractivity (Wildman–Crippen MR) is 75.1 cm³/mol. The van der Waals surface area contributed by atoms with Crippen LogP contribution in [-0.2, 0) is 14.4 Å². The molecule has 0 aromatic rings. The highest BCUT2D eigenvalue weighted by molar-refractivity contribution is 5.91. The summed E-state index contributed by atoms with van der Waals surface area (Å²) in [4.78, 5) is 34.3. The Kier molecular flexibility index (Phi) is 7.83. The van der Waals surface area contributed by atoms with Gasteiger partial charge in [0.2, 0.25) is 11.8 Å². The van der Waals surface area contributed by atoms with E-state index < -0.39 is 24.0 Å². The molecule has 116 valence electrons. The number of carbonyl (C=O) groups is 3. The number of carboxylic acids is 1. The Bertz CT molecular complexity index is 358. The fraction of sp³-hybridized carbons (Fsp3) is 0.769. The average Bonchev–Trinajstić information content (AvgIpc) is 2.34. The summed E-state index contributed by atoms with van der Waals surface area (Å²) < 4.78 is 0. The molecule has 0 rings (SSSR count). The van der Waals surface area contributed by atoms with Gasteiger partial charge in [-0.05, 0) is 33.2 Å². The van der Waals surface area contributed by atoms with Crippen molar-refractivity contribution >= 4 is 17.8 Å². The average molecular weight is 287 g/mol. The summed E-state index contributed by atoms with van der Waals surface area (Å²) in [6.07, 6.45) is 0.655. The van der Waals surface area contributed by atoms with E-state index in [1.165, 1.54) is 13.8 Å². The highest BCUT2D eigenvalue weighted by Crippen LogP contribution is 2.04. The molecule has 2 amide bonds. The van der Waals surface area contributed by atoms with E-state index in [1.54, 1.807) is 7.05 Å². The van der Waals surface area contributed by atoms with Gasteiger partial charge < -0.3 is 21.1 Å². The first-order valence-electron chi connectivity index (χ1n) is 6.69. The molecule has 0 radical (unpaired) electrons. The topological polar surface area (TPSA) is 108 Å². The van der Waals surface area contributed by atoms with Crippen LogP contribution in [0, 0.1) is 5.92 Å². The summed E-state index contributed by atoms with van der Waals surface area (Å²) in [5.41, 5.74) is 0. The minimum absolute atomic E-state index is 0.271. The lowest BCUT2D eigenvalue weighted by atomic mass is 10.0. The zero-order valence-electron chi connectivity index (χ0n) is 12.7. The molecule has 0 spiro atoms. The van der Waals surface area contributed by atoms with Gasteiger partial charge in [-0.3, -0.25) is 14.4 Å². The molecule has 0 aliphatic rings. The molecule has 7 heteroatoms. The number of nitrogens with one attached hydrogen (secondary N) is 3. The second-order valence-corrected chi connectivity index (χ2v) is 5.27. The van der Waals surface area contributed by atoms with Crippen molar-refractivity contribution in [2.24, 2.45) is 5.92 Å². The van der Waals surface area contributed by atoms with E-state index in [1.807, 2.05) is 13.8 Å². The van der Waals surface area contributed by atoms with Crippen LogP contribution in [-0.4, -0.2) is 48.1 Å². The smallest absolute Gasteiger partial charge is 0.325 e. The van der Waals surface area contributed by atoms with Gasteiger partial charge in [0.05, 0.1) is 6.04 Å². The summed E-state index contributed by atoms with van der Waals surface area (Å²) in [6.45, 7) is 6.89. The van der Waals surface area contributed by atoms with Gasteiger partial charge in [-0.15, -0.1) is 0 Å². The maximum Gasteiger partial charge on any atom is 0.325 e. The summed E-state index contributed by atoms with van der Waals surface area (Å²) in [6, 6.07) is -2.15. The molecule has 7 nitrogen and oxygen atoms in total. The number of amides is 2. The fourth-order valence-corrected chi connectivity index (χ4v) is 1.61. The molecule has 0 heterocycles. The monoisotopic (exact) mass is 287 g/mol. The highest BCUT2D eigenvalue weighted by atomic mass is 16.4. The molecule has 3 atom stereocenters. The van der Waals surface area contributed by atoms with Crippen molar-refractivity contribution in [2.75, 3.05) is 7.05 Å². The zero-order valence-corrected chi connectivity index (χ0v) is 12.7. The van der Waals surface area contributed by atoms with Crippen LogP contribution < -0.4 is 16.0 Å². The molecule has 20 heavy (non-hydrogen) atoms. The van der Waals surface area contributed by atoms with E-state index in [9.17, 15) is 14.4 Å². The number of aliphatic carboxylic acids is 1. The first kappa shape index (κ1) is 18.4. The number of rotatable bonds is 8. The molecular formula is C13H25N3O4. The van der Waals surface area contributed by atoms with Crippen LogP contribution in [0.1, 0.15) is 34.1 Å². The fourth-order valence-electron chi connectivity index (χ4n) is 1.61. The van der Waals surface area contributed by atoms with Gasteiger partial charge in [-0.2, -0.15) is 0 Å². The summed E-state index contributed by atoms with van der Waals surface area (Å²) >= 11 is 0. The van der Waals surface area contributed by atoms with Gasteiger partial charge in [0, 0.05) is 0 Å². The number of carbonyl (C=O) groups excluding carboxylic acids is 2. The van der Waals surface area contributed by atoms with Crippen LogP contribution in [0.3, 0.4) is 0 Å². The van der Waals surface area contributed by atoms with Crippen molar-refractivity contribution in [3.8, 4) is 0 Å². The van der Waals surface area contributed by atoms with E-state index in [-0.39, 0.29) is 11.9 Å². The van der Waals surface area contributed by atoms with Crippen LogP contribution in [0.5, 0.6) is 0 Å². The van der Waals surface area contributed by atoms with Gasteiger partial charge in [0.25, 0.3) is 0 Å². The minimum Gasteiger partial charge on any atom is -0.480 e. The number of carboxylic acid groups (broad SMARTS) is 1. The van der Waals surface area contributed by atoms with E-state index in [0.29, 0.717) is 12.3 Å². The van der Waals surface area contributed by atoms with E-state index in [4.69, 9.17) is 5.11 Å². The Balaban J connectivity index is 4.43. The molecule has 0 saturated carbocycles. The SMILES string of the molecule is CN[C@@H](CC(C)C)C(=O)N[C@@H](C)C(=O)N[C@@H](C)C(=O)O. The molecule has 0 aliphatic heterocycles. The molecule has 0 aromatic carbocycles. The van der Waals surface area contributed by atoms with Crippen molar-refractivity contribution < 1.29 is 19.5 Å². The Hall–Kier alpha value is -1.63. The lowest BCUT2D eigenvalue weighted by Crippen LogP contribution is -2.53. The second kappa shape index (κ2) is 8.52. The van der Waals surface area contributed by atoms with Crippen molar-refractivity contribution in [2.45, 2.75) is 52.2 Å². The maximum atomic E-state index is 12.0. The van der Waals surface area contributed by atoms with Gasteiger partial charge in [-0.1, -0.05) is 13.8 Å². The van der Waals surface area contributed by atoms with Crippen LogP contribution in [0.15, 0.2) is 0 Å². The number of hydrogen-bond donors (Lipinski definition) is 4. The molecule has 0 saturated heterocycles. The lowest BCUT2D eigenvalue weighted by Gasteiger charge is -2.21. The van der Waals surface area contributed by atoms with Crippen LogP contribution in [0.2, 0.25) is 0 Å². The summed E-state index contributed by atoms with van der Waals surface area (Å²) in [5.74, 6) is -1.57. The Morgan fingerprint density at radius 2 is 1.45 bits per heavy atom. The van der Waals surface area contributed by atoms with Gasteiger partial charge in [-0.25, -0.2) is 0 Å². The van der Waals surface area contributed by atoms with Crippen LogP contribution >= 0.6 is 0 Å². The molecule has 0 aliphatic carbocycles. The minimum atomic E-state index is -1.12. The molecule has 0 fully saturated rings. The quantitative estimate of drug-likeness (QED) is 0.491. The Labute approximate surface area is 119 Å². The van der Waals surface area contributed by atoms with Crippen molar-refractivity contribution in [1.29, 1.82) is 0 Å². The number of likely N-dealkylation sites (N-methyl/N-ethyl adjacent to an activating group) is 1. The lowest BCUT2D eigenvalue weighted by molar-refractivity contribution is -0.141.